The number of amides is 2. The molecule has 102 valence electrons. The van der Waals surface area contributed by atoms with Crippen molar-refractivity contribution in [3.05, 3.63) is 12.2 Å². The minimum atomic E-state index is -0.886. The van der Waals surface area contributed by atoms with Crippen LogP contribution in [0.5, 0.6) is 0 Å². The molecule has 2 atom stereocenters. The quantitative estimate of drug-likeness (QED) is 0.649. The molecule has 0 saturated carbocycles. The van der Waals surface area contributed by atoms with Gasteiger partial charge in [-0.05, 0) is 6.08 Å². The third-order valence-corrected chi connectivity index (χ3v) is 3.16. The van der Waals surface area contributed by atoms with E-state index in [1.54, 1.807) is 0 Å². The molecule has 0 aromatic heterocycles. The number of hydrogen-bond donors (Lipinski definition) is 0. The Hall–Kier alpha value is -2.18. The molecular weight excluding hydrogens is 254 g/mol. The lowest BCUT2D eigenvalue weighted by molar-refractivity contribution is -0.152. The molecule has 7 heteroatoms. The Kier molecular flexibility index (Phi) is 3.64. The van der Waals surface area contributed by atoms with E-state index in [0.29, 0.717) is 0 Å². The highest BCUT2D eigenvalue weighted by Gasteiger charge is 2.41. The van der Waals surface area contributed by atoms with Gasteiger partial charge < -0.3 is 9.47 Å². The number of methoxy groups -OCH3 is 1. The molecule has 0 radical (unpaired) electrons. The fourth-order valence-corrected chi connectivity index (χ4v) is 2.17. The molecule has 2 amide bonds. The molecule has 0 spiro atoms. The number of ether oxygens (including phenoxy) is 2. The molecule has 1 heterocycles. The number of cyclic esters (lactones) is 1. The zero-order valence-corrected chi connectivity index (χ0v) is 10.3. The van der Waals surface area contributed by atoms with Crippen LogP contribution in [0.15, 0.2) is 12.2 Å². The first-order valence-electron chi connectivity index (χ1n) is 5.81. The number of imide groups is 1. The normalized spacial score (nSPS) is 26.3. The van der Waals surface area contributed by atoms with E-state index >= 15 is 0 Å². The number of rotatable bonds is 2. The number of carbonyl (C=O) groups is 4. The van der Waals surface area contributed by atoms with Crippen LogP contribution >= 0.6 is 0 Å². The van der Waals surface area contributed by atoms with Gasteiger partial charge in [0.15, 0.2) is 5.78 Å². The molecule has 0 aromatic carbocycles. The SMILES string of the molecule is COC(=O)[C@H]1CC(=O)C=C[C@@H]1C(=O)N1CCOC1=O. The first-order chi connectivity index (χ1) is 9.04. The molecule has 0 N–H and O–H groups in total. The smallest absolute Gasteiger partial charge is 0.416 e. The second-order valence-corrected chi connectivity index (χ2v) is 4.29. The van der Waals surface area contributed by atoms with Crippen LogP contribution in [-0.2, 0) is 23.9 Å². The van der Waals surface area contributed by atoms with Crippen molar-refractivity contribution in [2.24, 2.45) is 11.8 Å². The fourth-order valence-electron chi connectivity index (χ4n) is 2.17. The van der Waals surface area contributed by atoms with Gasteiger partial charge in [-0.2, -0.15) is 0 Å². The van der Waals surface area contributed by atoms with Gasteiger partial charge in [-0.1, -0.05) is 6.08 Å². The summed E-state index contributed by atoms with van der Waals surface area (Å²) in [7, 11) is 1.19. The van der Waals surface area contributed by atoms with E-state index in [0.717, 1.165) is 4.90 Å². The van der Waals surface area contributed by atoms with Crippen molar-refractivity contribution in [2.75, 3.05) is 20.3 Å². The first-order valence-corrected chi connectivity index (χ1v) is 5.81. The number of hydrogen-bond acceptors (Lipinski definition) is 6. The van der Waals surface area contributed by atoms with Crippen molar-refractivity contribution < 1.29 is 28.7 Å². The van der Waals surface area contributed by atoms with E-state index in [9.17, 15) is 19.2 Å². The summed E-state index contributed by atoms with van der Waals surface area (Å²) in [6.07, 6.45) is 1.78. The van der Waals surface area contributed by atoms with Gasteiger partial charge in [-0.25, -0.2) is 9.69 Å². The van der Waals surface area contributed by atoms with Crippen LogP contribution in [-0.4, -0.2) is 48.9 Å². The largest absolute Gasteiger partial charge is 0.469 e. The highest BCUT2D eigenvalue weighted by atomic mass is 16.6. The van der Waals surface area contributed by atoms with Gasteiger partial charge in [0.1, 0.15) is 6.61 Å². The lowest BCUT2D eigenvalue weighted by Gasteiger charge is -2.25. The Labute approximate surface area is 109 Å². The average molecular weight is 267 g/mol. The van der Waals surface area contributed by atoms with Crippen LogP contribution in [0.25, 0.3) is 0 Å². The van der Waals surface area contributed by atoms with E-state index in [2.05, 4.69) is 9.47 Å². The lowest BCUT2D eigenvalue weighted by atomic mass is 9.82. The molecule has 2 rings (SSSR count). The highest BCUT2D eigenvalue weighted by Crippen LogP contribution is 2.27. The summed E-state index contributed by atoms with van der Waals surface area (Å²) in [6, 6.07) is 0. The molecule has 1 fully saturated rings. The number of nitrogens with zero attached hydrogens (tertiary/aromatic N) is 1. The number of esters is 1. The topological polar surface area (TPSA) is 90.0 Å². The van der Waals surface area contributed by atoms with E-state index in [1.807, 2.05) is 0 Å². The minimum Gasteiger partial charge on any atom is -0.469 e. The van der Waals surface area contributed by atoms with Gasteiger partial charge >= 0.3 is 12.1 Å². The summed E-state index contributed by atoms with van der Waals surface area (Å²) in [5.41, 5.74) is 0. The summed E-state index contributed by atoms with van der Waals surface area (Å²) < 4.78 is 9.28. The third-order valence-electron chi connectivity index (χ3n) is 3.16. The summed E-state index contributed by atoms with van der Waals surface area (Å²) in [6.45, 7) is 0.298. The van der Waals surface area contributed by atoms with E-state index in [4.69, 9.17) is 0 Å². The monoisotopic (exact) mass is 267 g/mol. The minimum absolute atomic E-state index is 0.0948. The predicted molar refractivity (Wildman–Crippen MR) is 60.8 cm³/mol. The Morgan fingerprint density at radius 2 is 2.16 bits per heavy atom. The second-order valence-electron chi connectivity index (χ2n) is 4.29. The lowest BCUT2D eigenvalue weighted by Crippen LogP contribution is -2.43. The number of ketones is 1. The van der Waals surface area contributed by atoms with Gasteiger partial charge in [0.05, 0.1) is 25.5 Å². The molecule has 1 saturated heterocycles. The van der Waals surface area contributed by atoms with Gasteiger partial charge in [-0.3, -0.25) is 14.4 Å². The standard InChI is InChI=1S/C12H13NO6/c1-18-11(16)9-6-7(14)2-3-8(9)10(15)13-4-5-19-12(13)17/h2-3,8-9H,4-6H2,1H3/t8-,9-/m0/s1. The zero-order chi connectivity index (χ0) is 14.0. The maximum Gasteiger partial charge on any atom is 0.416 e. The Morgan fingerprint density at radius 3 is 2.74 bits per heavy atom. The Balaban J connectivity index is 2.22. The average Bonchev–Trinajstić information content (AvgIpc) is 2.83. The van der Waals surface area contributed by atoms with Gasteiger partial charge in [-0.15, -0.1) is 0 Å². The molecule has 0 unspecified atom stereocenters. The van der Waals surface area contributed by atoms with E-state index < -0.39 is 29.8 Å². The van der Waals surface area contributed by atoms with E-state index in [1.165, 1.54) is 19.3 Å². The number of carbonyl (C=O) groups excluding carboxylic acids is 4. The van der Waals surface area contributed by atoms with Crippen molar-refractivity contribution in [1.29, 1.82) is 0 Å². The summed E-state index contributed by atoms with van der Waals surface area (Å²) in [4.78, 5) is 47.5. The van der Waals surface area contributed by atoms with Crippen LogP contribution in [0, 0.1) is 11.8 Å². The van der Waals surface area contributed by atoms with Crippen molar-refractivity contribution in [3.8, 4) is 0 Å². The van der Waals surface area contributed by atoms with Crippen LogP contribution in [0.3, 0.4) is 0 Å². The van der Waals surface area contributed by atoms with Gasteiger partial charge in [0.25, 0.3) is 0 Å². The summed E-state index contributed by atoms with van der Waals surface area (Å²) >= 11 is 0. The Morgan fingerprint density at radius 1 is 1.42 bits per heavy atom. The predicted octanol–water partition coefficient (Wildman–Crippen LogP) is -0.100. The molecule has 1 aliphatic heterocycles. The maximum atomic E-state index is 12.2. The van der Waals surface area contributed by atoms with E-state index in [-0.39, 0.29) is 25.4 Å². The van der Waals surface area contributed by atoms with Crippen LogP contribution in [0.2, 0.25) is 0 Å². The Bertz CT molecular complexity index is 469. The van der Waals surface area contributed by atoms with Crippen LogP contribution in [0.4, 0.5) is 4.79 Å². The molecule has 1 aliphatic carbocycles. The van der Waals surface area contributed by atoms with Crippen LogP contribution in [0.1, 0.15) is 6.42 Å². The van der Waals surface area contributed by atoms with Crippen molar-refractivity contribution in [1.82, 2.24) is 4.90 Å². The summed E-state index contributed by atoms with van der Waals surface area (Å²) in [5, 5.41) is 0. The third kappa shape index (κ3) is 2.49. The molecular formula is C12H13NO6. The summed E-state index contributed by atoms with van der Waals surface area (Å²) in [5.74, 6) is -3.17. The molecule has 0 aromatic rings. The van der Waals surface area contributed by atoms with Gasteiger partial charge in [0, 0.05) is 6.42 Å². The van der Waals surface area contributed by atoms with Crippen LogP contribution < -0.4 is 0 Å². The van der Waals surface area contributed by atoms with Crippen molar-refractivity contribution >= 4 is 23.8 Å². The number of allylic oxidation sites excluding steroid dienone is 1. The zero-order valence-electron chi connectivity index (χ0n) is 10.3. The fraction of sp³-hybridized carbons (Fsp3) is 0.500. The molecule has 7 nitrogen and oxygen atoms in total. The van der Waals surface area contributed by atoms with Crippen molar-refractivity contribution in [3.63, 3.8) is 0 Å². The maximum absolute atomic E-state index is 12.2. The second kappa shape index (κ2) is 5.21. The molecule has 0 bridgehead atoms. The molecule has 2 aliphatic rings. The first kappa shape index (κ1) is 13.3. The van der Waals surface area contributed by atoms with Crippen molar-refractivity contribution in [2.45, 2.75) is 6.42 Å². The van der Waals surface area contributed by atoms with Gasteiger partial charge in [0.2, 0.25) is 5.91 Å². The highest BCUT2D eigenvalue weighted by molar-refractivity contribution is 6.01. The molecule has 19 heavy (non-hydrogen) atoms.